The van der Waals surface area contributed by atoms with Gasteiger partial charge in [-0.3, -0.25) is 0 Å². The summed E-state index contributed by atoms with van der Waals surface area (Å²) in [7, 11) is 1.63. The molecule has 72 valence electrons. The van der Waals surface area contributed by atoms with Crippen LogP contribution in [0.15, 0.2) is 41.5 Å². The maximum Gasteiger partial charge on any atom is 0.225 e. The van der Waals surface area contributed by atoms with Gasteiger partial charge < -0.3 is 9.47 Å². The lowest BCUT2D eigenvalue weighted by atomic mass is 10.2. The zero-order chi connectivity index (χ0) is 9.97. The number of methoxy groups -OCH3 is 1. The standard InChI is InChI=1S/C11H11NO2/c1-8-7-14-11(12-8)9-5-3-4-6-10(9)13-2/h3-6H,1,7H2,2H3. The molecule has 1 aliphatic heterocycles. The van der Waals surface area contributed by atoms with E-state index in [1.165, 1.54) is 0 Å². The van der Waals surface area contributed by atoms with E-state index in [0.29, 0.717) is 12.5 Å². The first-order chi connectivity index (χ1) is 6.81. The highest BCUT2D eigenvalue weighted by Gasteiger charge is 2.16. The van der Waals surface area contributed by atoms with E-state index in [-0.39, 0.29) is 0 Å². The Kier molecular flexibility index (Phi) is 2.23. The fourth-order valence-electron chi connectivity index (χ4n) is 1.32. The third-order valence-electron chi connectivity index (χ3n) is 1.97. The van der Waals surface area contributed by atoms with Crippen molar-refractivity contribution < 1.29 is 9.47 Å². The van der Waals surface area contributed by atoms with Crippen LogP contribution in [-0.4, -0.2) is 19.6 Å². The Morgan fingerprint density at radius 2 is 2.21 bits per heavy atom. The molecule has 1 aromatic carbocycles. The lowest BCUT2D eigenvalue weighted by molar-refractivity contribution is 0.360. The fraction of sp³-hybridized carbons (Fsp3) is 0.182. The van der Waals surface area contributed by atoms with Crippen molar-refractivity contribution in [2.24, 2.45) is 4.99 Å². The molecule has 0 unspecified atom stereocenters. The number of aliphatic imine (C=N–C) groups is 1. The molecule has 0 N–H and O–H groups in total. The Labute approximate surface area is 82.7 Å². The van der Waals surface area contributed by atoms with Gasteiger partial charge in [-0.05, 0) is 12.1 Å². The Hall–Kier alpha value is -1.77. The van der Waals surface area contributed by atoms with Gasteiger partial charge in [-0.25, -0.2) is 4.99 Å². The molecule has 3 heteroatoms. The maximum atomic E-state index is 5.36. The van der Waals surface area contributed by atoms with E-state index in [4.69, 9.17) is 9.47 Å². The summed E-state index contributed by atoms with van der Waals surface area (Å²) >= 11 is 0. The van der Waals surface area contributed by atoms with E-state index >= 15 is 0 Å². The summed E-state index contributed by atoms with van der Waals surface area (Å²) in [4.78, 5) is 4.19. The van der Waals surface area contributed by atoms with Crippen LogP contribution in [0.5, 0.6) is 5.75 Å². The Balaban J connectivity index is 2.41. The number of hydrogen-bond donors (Lipinski definition) is 0. The first-order valence-electron chi connectivity index (χ1n) is 4.34. The van der Waals surface area contributed by atoms with Crippen LogP contribution in [0.2, 0.25) is 0 Å². The molecule has 1 aromatic rings. The monoisotopic (exact) mass is 189 g/mol. The summed E-state index contributed by atoms with van der Waals surface area (Å²) < 4.78 is 10.6. The molecule has 0 spiro atoms. The molecule has 0 amide bonds. The van der Waals surface area contributed by atoms with Crippen LogP contribution in [0.1, 0.15) is 5.56 Å². The number of benzene rings is 1. The van der Waals surface area contributed by atoms with Gasteiger partial charge >= 0.3 is 0 Å². The molecule has 0 aliphatic carbocycles. The molecule has 14 heavy (non-hydrogen) atoms. The van der Waals surface area contributed by atoms with Gasteiger partial charge in [0.1, 0.15) is 12.4 Å². The van der Waals surface area contributed by atoms with Crippen LogP contribution in [0.3, 0.4) is 0 Å². The number of para-hydroxylation sites is 1. The Morgan fingerprint density at radius 1 is 1.43 bits per heavy atom. The van der Waals surface area contributed by atoms with Crippen LogP contribution in [0, 0.1) is 0 Å². The summed E-state index contributed by atoms with van der Waals surface area (Å²) in [6.45, 7) is 4.20. The topological polar surface area (TPSA) is 30.8 Å². The largest absolute Gasteiger partial charge is 0.496 e. The van der Waals surface area contributed by atoms with E-state index in [1.807, 2.05) is 24.3 Å². The third-order valence-corrected chi connectivity index (χ3v) is 1.97. The molecule has 0 saturated heterocycles. The van der Waals surface area contributed by atoms with Crippen LogP contribution in [-0.2, 0) is 4.74 Å². The summed E-state index contributed by atoms with van der Waals surface area (Å²) in [5, 5.41) is 0. The number of ether oxygens (including phenoxy) is 2. The van der Waals surface area contributed by atoms with Crippen LogP contribution < -0.4 is 4.74 Å². The zero-order valence-electron chi connectivity index (χ0n) is 7.99. The molecule has 0 atom stereocenters. The third kappa shape index (κ3) is 1.48. The Bertz CT molecular complexity index is 396. The quantitative estimate of drug-likeness (QED) is 0.712. The van der Waals surface area contributed by atoms with Crippen molar-refractivity contribution in [2.45, 2.75) is 0 Å². The second-order valence-corrected chi connectivity index (χ2v) is 2.97. The minimum absolute atomic E-state index is 0.466. The lowest BCUT2D eigenvalue weighted by Crippen LogP contribution is -2.03. The van der Waals surface area contributed by atoms with E-state index in [1.54, 1.807) is 7.11 Å². The van der Waals surface area contributed by atoms with E-state index < -0.39 is 0 Å². The first kappa shape index (κ1) is 8.81. The highest BCUT2D eigenvalue weighted by Crippen LogP contribution is 2.22. The molecule has 1 aliphatic rings. The highest BCUT2D eigenvalue weighted by molar-refractivity contribution is 5.98. The summed E-state index contributed by atoms with van der Waals surface area (Å²) in [5.41, 5.74) is 1.61. The van der Waals surface area contributed by atoms with E-state index in [0.717, 1.165) is 17.0 Å². The molecule has 0 radical (unpaired) electrons. The average Bonchev–Trinajstić information content (AvgIpc) is 2.65. The smallest absolute Gasteiger partial charge is 0.225 e. The van der Waals surface area contributed by atoms with Crippen molar-refractivity contribution in [1.82, 2.24) is 0 Å². The highest BCUT2D eigenvalue weighted by atomic mass is 16.5. The predicted molar refractivity (Wildman–Crippen MR) is 54.6 cm³/mol. The van der Waals surface area contributed by atoms with Crippen LogP contribution in [0.25, 0.3) is 0 Å². The average molecular weight is 189 g/mol. The lowest BCUT2D eigenvalue weighted by Gasteiger charge is -2.06. The number of nitrogens with zero attached hydrogens (tertiary/aromatic N) is 1. The maximum absolute atomic E-state index is 5.36. The second-order valence-electron chi connectivity index (χ2n) is 2.97. The van der Waals surface area contributed by atoms with Crippen molar-refractivity contribution in [2.75, 3.05) is 13.7 Å². The summed E-state index contributed by atoms with van der Waals surface area (Å²) in [6, 6.07) is 7.62. The van der Waals surface area contributed by atoms with Gasteiger partial charge in [-0.15, -0.1) is 0 Å². The van der Waals surface area contributed by atoms with Gasteiger partial charge in [0.2, 0.25) is 5.90 Å². The van der Waals surface area contributed by atoms with E-state index in [9.17, 15) is 0 Å². The fourth-order valence-corrected chi connectivity index (χ4v) is 1.32. The number of rotatable bonds is 2. The van der Waals surface area contributed by atoms with Crippen molar-refractivity contribution in [3.63, 3.8) is 0 Å². The van der Waals surface area contributed by atoms with Crippen molar-refractivity contribution in [3.8, 4) is 5.75 Å². The van der Waals surface area contributed by atoms with Crippen LogP contribution in [0.4, 0.5) is 0 Å². The van der Waals surface area contributed by atoms with Gasteiger partial charge in [-0.1, -0.05) is 18.7 Å². The molecule has 0 fully saturated rings. The molecule has 0 saturated carbocycles. The first-order valence-corrected chi connectivity index (χ1v) is 4.34. The minimum atomic E-state index is 0.466. The SMILES string of the molecule is C=C1COC(c2ccccc2OC)=N1. The molecular formula is C11H11NO2. The normalized spacial score (nSPS) is 14.9. The summed E-state index contributed by atoms with van der Waals surface area (Å²) in [5.74, 6) is 1.36. The predicted octanol–water partition coefficient (Wildman–Crippen LogP) is 1.99. The zero-order valence-corrected chi connectivity index (χ0v) is 7.99. The molecule has 2 rings (SSSR count). The van der Waals surface area contributed by atoms with Gasteiger partial charge in [0, 0.05) is 0 Å². The second kappa shape index (κ2) is 3.54. The van der Waals surface area contributed by atoms with Crippen molar-refractivity contribution in [1.29, 1.82) is 0 Å². The Morgan fingerprint density at radius 3 is 2.86 bits per heavy atom. The minimum Gasteiger partial charge on any atom is -0.496 e. The van der Waals surface area contributed by atoms with Crippen LogP contribution >= 0.6 is 0 Å². The van der Waals surface area contributed by atoms with E-state index in [2.05, 4.69) is 11.6 Å². The van der Waals surface area contributed by atoms with Gasteiger partial charge in [-0.2, -0.15) is 0 Å². The molecule has 0 bridgehead atoms. The molecule has 1 heterocycles. The molecule has 3 nitrogen and oxygen atoms in total. The van der Waals surface area contributed by atoms with Gasteiger partial charge in [0.15, 0.2) is 0 Å². The summed E-state index contributed by atoms with van der Waals surface area (Å²) in [6.07, 6.45) is 0. The van der Waals surface area contributed by atoms with Crippen molar-refractivity contribution in [3.05, 3.63) is 42.1 Å². The van der Waals surface area contributed by atoms with Gasteiger partial charge in [0.05, 0.1) is 18.4 Å². The molecule has 0 aromatic heterocycles. The van der Waals surface area contributed by atoms with Crippen molar-refractivity contribution >= 4 is 5.90 Å². The molecular weight excluding hydrogens is 178 g/mol. The van der Waals surface area contributed by atoms with Gasteiger partial charge in [0.25, 0.3) is 0 Å². The number of hydrogen-bond acceptors (Lipinski definition) is 3.